The summed E-state index contributed by atoms with van der Waals surface area (Å²) < 4.78 is 0. The predicted molar refractivity (Wildman–Crippen MR) is 167 cm³/mol. The molecule has 0 spiro atoms. The number of para-hydroxylation sites is 2. The van der Waals surface area contributed by atoms with Gasteiger partial charge in [-0.15, -0.1) is 0 Å². The van der Waals surface area contributed by atoms with E-state index in [-0.39, 0.29) is 0 Å². The molecule has 0 aromatic heterocycles. The molecule has 0 saturated carbocycles. The van der Waals surface area contributed by atoms with Gasteiger partial charge in [-0.1, -0.05) is 91.0 Å². The van der Waals surface area contributed by atoms with Crippen LogP contribution in [0.1, 0.15) is 22.3 Å². The summed E-state index contributed by atoms with van der Waals surface area (Å²) in [4.78, 5) is 9.49. The second-order valence-corrected chi connectivity index (χ2v) is 9.98. The number of allylic oxidation sites excluding steroid dienone is 1. The SMILES string of the molecule is CN(C)c1ccc(C(=C2C(c3ccccc3)=Nc3ccccc32)c2ccc(N(C)c3ccccc3)cc2)cc1. The zero-order valence-electron chi connectivity index (χ0n) is 22.5. The first kappa shape index (κ1) is 24.4. The molecule has 3 heteroatoms. The zero-order valence-corrected chi connectivity index (χ0v) is 22.5. The maximum absolute atomic E-state index is 5.15. The summed E-state index contributed by atoms with van der Waals surface area (Å²) in [7, 11) is 6.25. The lowest BCUT2D eigenvalue weighted by Gasteiger charge is -2.21. The molecule has 1 heterocycles. The van der Waals surface area contributed by atoms with E-state index in [1.54, 1.807) is 0 Å². The molecule has 5 aromatic rings. The predicted octanol–water partition coefficient (Wildman–Crippen LogP) is 8.61. The Morgan fingerprint density at radius 3 is 1.64 bits per heavy atom. The van der Waals surface area contributed by atoms with Crippen LogP contribution in [0.5, 0.6) is 0 Å². The second kappa shape index (κ2) is 10.5. The third-order valence-electron chi connectivity index (χ3n) is 7.30. The first-order valence-corrected chi connectivity index (χ1v) is 13.3. The van der Waals surface area contributed by atoms with Crippen molar-refractivity contribution in [3.05, 3.63) is 156 Å². The van der Waals surface area contributed by atoms with E-state index in [4.69, 9.17) is 4.99 Å². The van der Waals surface area contributed by atoms with Crippen LogP contribution in [-0.4, -0.2) is 26.9 Å². The average molecular weight is 506 g/mol. The molecule has 0 atom stereocenters. The fourth-order valence-corrected chi connectivity index (χ4v) is 5.18. The van der Waals surface area contributed by atoms with Crippen molar-refractivity contribution in [3.8, 4) is 0 Å². The van der Waals surface area contributed by atoms with Crippen molar-refractivity contribution in [2.24, 2.45) is 4.99 Å². The molecule has 1 aliphatic rings. The lowest BCUT2D eigenvalue weighted by Crippen LogP contribution is -2.09. The number of fused-ring (bicyclic) bond motifs is 1. The van der Waals surface area contributed by atoms with Crippen molar-refractivity contribution < 1.29 is 0 Å². The first-order chi connectivity index (χ1) is 19.1. The fourth-order valence-electron chi connectivity index (χ4n) is 5.18. The van der Waals surface area contributed by atoms with Crippen LogP contribution in [-0.2, 0) is 0 Å². The molecule has 0 bridgehead atoms. The smallest absolute Gasteiger partial charge is 0.0795 e. The Morgan fingerprint density at radius 2 is 1.03 bits per heavy atom. The summed E-state index contributed by atoms with van der Waals surface area (Å²) in [5, 5.41) is 0. The maximum Gasteiger partial charge on any atom is 0.0795 e. The molecule has 5 aromatic carbocycles. The molecule has 0 aliphatic carbocycles. The van der Waals surface area contributed by atoms with Gasteiger partial charge in [0.2, 0.25) is 0 Å². The Balaban J connectivity index is 1.55. The third kappa shape index (κ3) is 4.75. The number of hydrogen-bond acceptors (Lipinski definition) is 3. The molecule has 0 unspecified atom stereocenters. The maximum atomic E-state index is 5.15. The highest BCUT2D eigenvalue weighted by molar-refractivity contribution is 6.41. The Morgan fingerprint density at radius 1 is 0.513 bits per heavy atom. The minimum absolute atomic E-state index is 1.01. The zero-order chi connectivity index (χ0) is 26.8. The number of nitrogens with zero attached hydrogens (tertiary/aromatic N) is 3. The molecule has 0 fully saturated rings. The van der Waals surface area contributed by atoms with Crippen molar-refractivity contribution in [1.29, 1.82) is 0 Å². The minimum Gasteiger partial charge on any atom is -0.378 e. The quantitative estimate of drug-likeness (QED) is 0.230. The van der Waals surface area contributed by atoms with E-state index in [2.05, 4.69) is 158 Å². The van der Waals surface area contributed by atoms with Crippen LogP contribution < -0.4 is 9.80 Å². The monoisotopic (exact) mass is 505 g/mol. The summed E-state index contributed by atoms with van der Waals surface area (Å²) in [6.07, 6.45) is 0. The number of benzene rings is 5. The summed E-state index contributed by atoms with van der Waals surface area (Å²) in [5.74, 6) is 0. The van der Waals surface area contributed by atoms with Crippen LogP contribution in [0.25, 0.3) is 11.1 Å². The molecule has 39 heavy (non-hydrogen) atoms. The van der Waals surface area contributed by atoms with Gasteiger partial charge in [-0.05, 0) is 59.2 Å². The molecular formula is C36H31N3. The van der Waals surface area contributed by atoms with E-state index in [1.807, 2.05) is 6.07 Å². The standard InChI is InChI=1S/C36H31N3/c1-38(2)29-22-18-26(19-23-29)34(27-20-24-31(25-21-27)39(3)30-14-8-5-9-15-30)35-32-16-10-11-17-33(32)37-36(35)28-12-6-4-7-13-28/h4-25H,1-3H3. The van der Waals surface area contributed by atoms with E-state index < -0.39 is 0 Å². The van der Waals surface area contributed by atoms with Gasteiger partial charge < -0.3 is 9.80 Å². The van der Waals surface area contributed by atoms with Gasteiger partial charge in [-0.3, -0.25) is 0 Å². The molecule has 0 radical (unpaired) electrons. The molecule has 3 nitrogen and oxygen atoms in total. The van der Waals surface area contributed by atoms with Gasteiger partial charge in [0, 0.05) is 54.9 Å². The van der Waals surface area contributed by atoms with Crippen LogP contribution in [0.2, 0.25) is 0 Å². The summed E-state index contributed by atoms with van der Waals surface area (Å²) in [5.41, 5.74) is 12.4. The van der Waals surface area contributed by atoms with Gasteiger partial charge in [0.1, 0.15) is 0 Å². The molecule has 0 saturated heterocycles. The molecule has 0 N–H and O–H groups in total. The van der Waals surface area contributed by atoms with Crippen molar-refractivity contribution in [2.45, 2.75) is 0 Å². The Labute approximate surface area is 231 Å². The van der Waals surface area contributed by atoms with Gasteiger partial charge >= 0.3 is 0 Å². The highest BCUT2D eigenvalue weighted by atomic mass is 15.1. The highest BCUT2D eigenvalue weighted by Crippen LogP contribution is 2.44. The van der Waals surface area contributed by atoms with E-state index in [1.165, 1.54) is 22.4 Å². The lowest BCUT2D eigenvalue weighted by molar-refractivity contribution is 1.13. The van der Waals surface area contributed by atoms with Crippen LogP contribution in [0.4, 0.5) is 22.7 Å². The van der Waals surface area contributed by atoms with Gasteiger partial charge in [0.15, 0.2) is 0 Å². The minimum atomic E-state index is 1.01. The molecule has 0 amide bonds. The highest BCUT2D eigenvalue weighted by Gasteiger charge is 2.27. The van der Waals surface area contributed by atoms with Crippen molar-refractivity contribution in [3.63, 3.8) is 0 Å². The normalized spacial score (nSPS) is 13.5. The fraction of sp³-hybridized carbons (Fsp3) is 0.0833. The summed E-state index contributed by atoms with van der Waals surface area (Å²) >= 11 is 0. The molecular weight excluding hydrogens is 474 g/mol. The summed E-state index contributed by atoms with van der Waals surface area (Å²) in [6.45, 7) is 0. The topological polar surface area (TPSA) is 18.8 Å². The van der Waals surface area contributed by atoms with Gasteiger partial charge in [-0.25, -0.2) is 4.99 Å². The van der Waals surface area contributed by atoms with Crippen LogP contribution in [0, 0.1) is 0 Å². The average Bonchev–Trinajstić information content (AvgIpc) is 3.38. The van der Waals surface area contributed by atoms with Crippen LogP contribution >= 0.6 is 0 Å². The second-order valence-electron chi connectivity index (χ2n) is 9.98. The first-order valence-electron chi connectivity index (χ1n) is 13.3. The largest absolute Gasteiger partial charge is 0.378 e. The molecule has 6 rings (SSSR count). The molecule has 1 aliphatic heterocycles. The Bertz CT molecular complexity index is 1650. The van der Waals surface area contributed by atoms with Crippen LogP contribution in [0.3, 0.4) is 0 Å². The van der Waals surface area contributed by atoms with Crippen molar-refractivity contribution in [2.75, 3.05) is 30.9 Å². The van der Waals surface area contributed by atoms with Gasteiger partial charge in [0.05, 0.1) is 11.4 Å². The number of aliphatic imine (C=N–C) groups is 1. The van der Waals surface area contributed by atoms with E-state index in [9.17, 15) is 0 Å². The molecule has 190 valence electrons. The van der Waals surface area contributed by atoms with Gasteiger partial charge in [-0.2, -0.15) is 0 Å². The lowest BCUT2D eigenvalue weighted by atomic mass is 9.86. The number of hydrogen-bond donors (Lipinski definition) is 0. The van der Waals surface area contributed by atoms with Crippen LogP contribution in [0.15, 0.2) is 138 Å². The number of anilines is 3. The van der Waals surface area contributed by atoms with E-state index >= 15 is 0 Å². The van der Waals surface area contributed by atoms with Crippen molar-refractivity contribution >= 4 is 39.6 Å². The van der Waals surface area contributed by atoms with Gasteiger partial charge in [0.25, 0.3) is 0 Å². The number of rotatable bonds is 6. The Hall–Kier alpha value is -4.89. The van der Waals surface area contributed by atoms with Crippen molar-refractivity contribution in [1.82, 2.24) is 0 Å². The van der Waals surface area contributed by atoms with E-state index in [0.717, 1.165) is 39.5 Å². The summed E-state index contributed by atoms with van der Waals surface area (Å²) in [6, 6.07) is 47.1. The van der Waals surface area contributed by atoms with E-state index in [0.29, 0.717) is 0 Å². The Kier molecular flexibility index (Phi) is 6.56. The third-order valence-corrected chi connectivity index (χ3v) is 7.30.